The molecule has 4 rings (SSSR count). The molecule has 3 fully saturated rings. The molecule has 0 unspecified atom stereocenters. The predicted molar refractivity (Wildman–Crippen MR) is 120 cm³/mol. The summed E-state index contributed by atoms with van der Waals surface area (Å²) in [6.45, 7) is 9.98. The lowest BCUT2D eigenvalue weighted by Gasteiger charge is -2.56. The van der Waals surface area contributed by atoms with Gasteiger partial charge in [0.1, 0.15) is 0 Å². The average molecular weight is 414 g/mol. The molecular weight excluding hydrogens is 374 g/mol. The number of allylic oxidation sites excluding steroid dienone is 4. The molecule has 0 aromatic heterocycles. The van der Waals surface area contributed by atoms with Gasteiger partial charge in [0.05, 0.1) is 6.10 Å². The maximum absolute atomic E-state index is 12.7. The van der Waals surface area contributed by atoms with Crippen molar-refractivity contribution in [2.75, 3.05) is 13.2 Å². The van der Waals surface area contributed by atoms with Crippen LogP contribution >= 0.6 is 0 Å². The summed E-state index contributed by atoms with van der Waals surface area (Å²) in [7, 11) is 0. The van der Waals surface area contributed by atoms with Crippen LogP contribution in [0.25, 0.3) is 0 Å². The van der Waals surface area contributed by atoms with E-state index >= 15 is 0 Å². The Morgan fingerprint density at radius 3 is 2.73 bits per heavy atom. The molecule has 1 amide bonds. The van der Waals surface area contributed by atoms with Gasteiger partial charge in [0.25, 0.3) is 0 Å². The Balaban J connectivity index is 1.59. The van der Waals surface area contributed by atoms with Crippen molar-refractivity contribution in [2.45, 2.75) is 71.3 Å². The van der Waals surface area contributed by atoms with E-state index in [-0.39, 0.29) is 35.4 Å². The van der Waals surface area contributed by atoms with Crippen LogP contribution in [0.5, 0.6) is 0 Å². The largest absolute Gasteiger partial charge is 0.396 e. The van der Waals surface area contributed by atoms with Crippen molar-refractivity contribution in [3.05, 3.63) is 36.0 Å². The fourth-order valence-corrected chi connectivity index (χ4v) is 7.41. The molecule has 0 bridgehead atoms. The number of hydrogen-bond acceptors (Lipinski definition) is 3. The third-order valence-electron chi connectivity index (χ3n) is 9.53. The van der Waals surface area contributed by atoms with Crippen LogP contribution < -0.4 is 5.32 Å². The van der Waals surface area contributed by atoms with Gasteiger partial charge in [-0.05, 0) is 85.9 Å². The van der Waals surface area contributed by atoms with Crippen molar-refractivity contribution < 1.29 is 15.0 Å². The van der Waals surface area contributed by atoms with Crippen LogP contribution in [0.1, 0.15) is 65.2 Å². The van der Waals surface area contributed by atoms with Crippen molar-refractivity contribution >= 4 is 5.91 Å². The zero-order chi connectivity index (χ0) is 21.5. The molecule has 0 aliphatic heterocycles. The van der Waals surface area contributed by atoms with E-state index in [1.165, 1.54) is 5.57 Å². The minimum atomic E-state index is -0.296. The summed E-state index contributed by atoms with van der Waals surface area (Å²) in [5.41, 5.74) is 2.40. The lowest BCUT2D eigenvalue weighted by molar-refractivity contribution is -0.120. The Bertz CT molecular complexity index is 755. The van der Waals surface area contributed by atoms with Crippen LogP contribution in [0.4, 0.5) is 0 Å². The standard InChI is InChI=1S/C26H39NO3/c1-17-8-9-22-21(15-27-24(30)18-6-4-5-7-18)23(11-13-25(17,22)2)26(3)12-10-20(29)14-19(26)16-28/h4-6,19-23,28-29H,1,7-16H2,2-3H3,(H,27,30)/t19-,20+,21+,22+,23+,25-,26+/m1/s1. The van der Waals surface area contributed by atoms with Crippen molar-refractivity contribution in [3.8, 4) is 0 Å². The Labute approximate surface area is 181 Å². The molecule has 0 heterocycles. The fraction of sp³-hybridized carbons (Fsp3) is 0.731. The second-order valence-corrected chi connectivity index (χ2v) is 10.8. The summed E-state index contributed by atoms with van der Waals surface area (Å²) >= 11 is 0. The topological polar surface area (TPSA) is 69.6 Å². The molecule has 4 nitrogen and oxygen atoms in total. The summed E-state index contributed by atoms with van der Waals surface area (Å²) in [5.74, 6) is 1.55. The second kappa shape index (κ2) is 8.27. The minimum Gasteiger partial charge on any atom is -0.396 e. The molecule has 0 aromatic carbocycles. The highest BCUT2D eigenvalue weighted by Crippen LogP contribution is 2.63. The lowest BCUT2D eigenvalue weighted by Crippen LogP contribution is -2.53. The molecule has 3 saturated carbocycles. The number of rotatable bonds is 5. The molecule has 4 aliphatic carbocycles. The highest BCUT2D eigenvalue weighted by Gasteiger charge is 2.56. The van der Waals surface area contributed by atoms with Gasteiger partial charge in [-0.3, -0.25) is 4.79 Å². The van der Waals surface area contributed by atoms with Gasteiger partial charge in [-0.2, -0.15) is 0 Å². The van der Waals surface area contributed by atoms with E-state index in [0.717, 1.165) is 50.5 Å². The van der Waals surface area contributed by atoms with Crippen LogP contribution in [-0.2, 0) is 4.79 Å². The third-order valence-corrected chi connectivity index (χ3v) is 9.53. The molecular formula is C26H39NO3. The van der Waals surface area contributed by atoms with Gasteiger partial charge < -0.3 is 15.5 Å². The number of amides is 1. The van der Waals surface area contributed by atoms with Gasteiger partial charge in [-0.15, -0.1) is 0 Å². The number of carbonyl (C=O) groups excluding carboxylic acids is 1. The summed E-state index contributed by atoms with van der Waals surface area (Å²) < 4.78 is 0. The number of aliphatic hydroxyl groups is 2. The molecule has 0 spiro atoms. The Kier molecular flexibility index (Phi) is 6.02. The molecule has 0 saturated heterocycles. The van der Waals surface area contributed by atoms with Crippen molar-refractivity contribution in [3.63, 3.8) is 0 Å². The van der Waals surface area contributed by atoms with Gasteiger partial charge in [0.15, 0.2) is 0 Å². The Hall–Kier alpha value is -1.39. The van der Waals surface area contributed by atoms with E-state index in [2.05, 4.69) is 25.7 Å². The number of fused-ring (bicyclic) bond motifs is 1. The van der Waals surface area contributed by atoms with Crippen LogP contribution in [0.15, 0.2) is 36.0 Å². The summed E-state index contributed by atoms with van der Waals surface area (Å²) in [6.07, 6.45) is 13.3. The SMILES string of the molecule is C=C1CC[C@H]2[C@H](CNC(=O)C3=CC=CC3)[C@@H]([C@@]3(C)CC[C@H](O)C[C@@H]3CO)CC[C@]12C. The van der Waals surface area contributed by atoms with E-state index in [1.54, 1.807) is 0 Å². The van der Waals surface area contributed by atoms with E-state index < -0.39 is 0 Å². The first-order valence-electron chi connectivity index (χ1n) is 11.9. The maximum Gasteiger partial charge on any atom is 0.247 e. The fourth-order valence-electron chi connectivity index (χ4n) is 7.41. The van der Waals surface area contributed by atoms with E-state index in [4.69, 9.17) is 0 Å². The molecule has 0 radical (unpaired) electrons. The monoisotopic (exact) mass is 413 g/mol. The summed E-state index contributed by atoms with van der Waals surface area (Å²) in [5, 5.41) is 23.7. The molecule has 4 heteroatoms. The first kappa shape index (κ1) is 21.8. The average Bonchev–Trinajstić information content (AvgIpc) is 3.37. The molecule has 166 valence electrons. The molecule has 30 heavy (non-hydrogen) atoms. The predicted octanol–water partition coefficient (Wildman–Crippen LogP) is 4.15. The van der Waals surface area contributed by atoms with Gasteiger partial charge in [-0.25, -0.2) is 0 Å². The highest BCUT2D eigenvalue weighted by molar-refractivity contribution is 5.94. The molecule has 7 atom stereocenters. The van der Waals surface area contributed by atoms with Gasteiger partial charge in [-0.1, -0.05) is 44.2 Å². The normalized spacial score (nSPS) is 43.4. The molecule has 4 aliphatic rings. The van der Waals surface area contributed by atoms with Crippen molar-refractivity contribution in [2.24, 2.45) is 34.5 Å². The molecule has 0 aromatic rings. The lowest BCUT2D eigenvalue weighted by atomic mass is 9.49. The zero-order valence-electron chi connectivity index (χ0n) is 18.7. The zero-order valence-corrected chi connectivity index (χ0v) is 18.7. The number of carbonyl (C=O) groups is 1. The first-order valence-corrected chi connectivity index (χ1v) is 11.9. The van der Waals surface area contributed by atoms with Crippen LogP contribution in [0, 0.1) is 34.5 Å². The quantitative estimate of drug-likeness (QED) is 0.593. The maximum atomic E-state index is 12.7. The smallest absolute Gasteiger partial charge is 0.247 e. The minimum absolute atomic E-state index is 0.00279. The van der Waals surface area contributed by atoms with Gasteiger partial charge in [0, 0.05) is 18.7 Å². The van der Waals surface area contributed by atoms with Crippen LogP contribution in [0.3, 0.4) is 0 Å². The van der Waals surface area contributed by atoms with Crippen LogP contribution in [0.2, 0.25) is 0 Å². The van der Waals surface area contributed by atoms with Crippen molar-refractivity contribution in [1.82, 2.24) is 5.32 Å². The first-order chi connectivity index (χ1) is 14.3. The molecule has 3 N–H and O–H groups in total. The van der Waals surface area contributed by atoms with Gasteiger partial charge in [0.2, 0.25) is 5.91 Å². The summed E-state index contributed by atoms with van der Waals surface area (Å²) in [4.78, 5) is 12.7. The van der Waals surface area contributed by atoms with Crippen molar-refractivity contribution in [1.29, 1.82) is 0 Å². The van der Waals surface area contributed by atoms with Gasteiger partial charge >= 0.3 is 0 Å². The number of nitrogens with one attached hydrogen (secondary N) is 1. The Morgan fingerprint density at radius 1 is 1.23 bits per heavy atom. The number of aliphatic hydroxyl groups excluding tert-OH is 2. The van der Waals surface area contributed by atoms with E-state index in [9.17, 15) is 15.0 Å². The number of hydrogen-bond donors (Lipinski definition) is 3. The van der Waals surface area contributed by atoms with E-state index in [1.807, 2.05) is 18.2 Å². The Morgan fingerprint density at radius 2 is 2.03 bits per heavy atom. The van der Waals surface area contributed by atoms with E-state index in [0.29, 0.717) is 30.7 Å². The van der Waals surface area contributed by atoms with Crippen LogP contribution in [-0.4, -0.2) is 35.4 Å². The summed E-state index contributed by atoms with van der Waals surface area (Å²) in [6, 6.07) is 0. The third kappa shape index (κ3) is 3.60. The second-order valence-electron chi connectivity index (χ2n) is 10.8. The highest BCUT2D eigenvalue weighted by atomic mass is 16.3.